The Bertz CT molecular complexity index is 2050. The van der Waals surface area contributed by atoms with Gasteiger partial charge in [0.1, 0.15) is 0 Å². The van der Waals surface area contributed by atoms with E-state index < -0.39 is 8.80 Å². The van der Waals surface area contributed by atoms with Gasteiger partial charge >= 0.3 is 0 Å². The number of rotatable bonds is 5. The van der Waals surface area contributed by atoms with Gasteiger partial charge in [0.05, 0.1) is 0 Å². The zero-order chi connectivity index (χ0) is 34.3. The van der Waals surface area contributed by atoms with Gasteiger partial charge in [0, 0.05) is 35.0 Å². The number of benzene rings is 4. The first-order valence-electron chi connectivity index (χ1n) is 18.3. The molecule has 2 aliphatic rings. The molecule has 0 heterocycles. The summed E-state index contributed by atoms with van der Waals surface area (Å²) in [5, 5.41) is 2.79. The minimum atomic E-state index is -0.468. The van der Waals surface area contributed by atoms with Crippen molar-refractivity contribution in [3.8, 4) is 22.3 Å². The topological polar surface area (TPSA) is 0 Å². The van der Waals surface area contributed by atoms with Crippen molar-refractivity contribution in [1.29, 1.82) is 0 Å². The van der Waals surface area contributed by atoms with Gasteiger partial charge in [0.2, 0.25) is 0 Å². The molecule has 7 rings (SSSR count). The molecule has 251 valence electrons. The van der Waals surface area contributed by atoms with E-state index in [9.17, 15) is 0 Å². The number of hydrogen-bond acceptors (Lipinski definition) is 0. The third kappa shape index (κ3) is 6.29. The molecule has 0 saturated carbocycles. The first-order chi connectivity index (χ1) is 22.6. The van der Waals surface area contributed by atoms with E-state index in [1.54, 1.807) is 22.3 Å². The fraction of sp³-hybridized carbons (Fsp3) is 0.383. The molecule has 2 heteroatoms. The molecule has 5 aromatic carbocycles. The quantitative estimate of drug-likeness (QED) is 0.124. The number of fused-ring (bicyclic) bond motifs is 3. The average Bonchev–Trinajstić information content (AvgIpc) is 3.71. The summed E-state index contributed by atoms with van der Waals surface area (Å²) in [4.78, 5) is 0. The maximum atomic E-state index is 2.68. The van der Waals surface area contributed by atoms with Crippen molar-refractivity contribution in [2.45, 2.75) is 117 Å². The molecule has 1 atom stereocenters. The molecule has 0 amide bonds. The van der Waals surface area contributed by atoms with Crippen LogP contribution >= 0.6 is 0 Å². The average molecular weight is 738 g/mol. The van der Waals surface area contributed by atoms with Crippen molar-refractivity contribution in [3.63, 3.8) is 0 Å². The predicted molar refractivity (Wildman–Crippen MR) is 212 cm³/mol. The number of hydrogen-bond donors (Lipinski definition) is 0. The molecule has 1 unspecified atom stereocenters. The maximum Gasteiger partial charge on any atom is 0.0497 e. The predicted octanol–water partition coefficient (Wildman–Crippen LogP) is 13.3. The van der Waals surface area contributed by atoms with Crippen LogP contribution in [0.1, 0.15) is 125 Å². The van der Waals surface area contributed by atoms with E-state index >= 15 is 0 Å². The summed E-state index contributed by atoms with van der Waals surface area (Å²) >= 11 is 0. The van der Waals surface area contributed by atoms with Gasteiger partial charge in [0.15, 0.2) is 0 Å². The summed E-state index contributed by atoms with van der Waals surface area (Å²) in [5.74, 6) is 0.431. The van der Waals surface area contributed by atoms with Gasteiger partial charge in [-0.1, -0.05) is 181 Å². The van der Waals surface area contributed by atoms with Gasteiger partial charge in [-0.05, 0) is 86.1 Å². The summed E-state index contributed by atoms with van der Waals surface area (Å²) < 4.78 is 0. The normalized spacial score (nSPS) is 16.1. The molecule has 0 aromatic heterocycles. The maximum absolute atomic E-state index is 2.68. The minimum Gasteiger partial charge on any atom is -0.125 e. The Labute approximate surface area is 317 Å². The monoisotopic (exact) mass is 736 g/mol. The smallest absolute Gasteiger partial charge is 0.0497 e. The summed E-state index contributed by atoms with van der Waals surface area (Å²) in [5.41, 5.74) is 21.7. The Morgan fingerprint density at radius 2 is 1.33 bits per heavy atom. The van der Waals surface area contributed by atoms with E-state index in [1.807, 2.05) is 0 Å². The third-order valence-corrected chi connectivity index (χ3v) is 13.4. The zero-order valence-corrected chi connectivity index (χ0v) is 35.2. The molecule has 2 aliphatic carbocycles. The Hall–Kier alpha value is -2.67. The molecule has 1 radical (unpaired) electrons. The molecular formula is C47H54SiZr-. The molecule has 0 aliphatic heterocycles. The SMILES string of the molecule is CC1=C([c-]2c(C(C)C)cc3c(-c4ccc(C(C)(C)C)cc4)cccc32)c2cc3c(c(-c4ccc(C(C)(C)C)cc4)c2C1)CCC3[Si](C)C.[Zr]. The van der Waals surface area contributed by atoms with Crippen LogP contribution in [0.2, 0.25) is 13.1 Å². The zero-order valence-electron chi connectivity index (χ0n) is 31.8. The van der Waals surface area contributed by atoms with E-state index in [1.165, 1.54) is 79.3 Å². The largest absolute Gasteiger partial charge is 0.125 e. The van der Waals surface area contributed by atoms with Gasteiger partial charge in [-0.25, -0.2) is 0 Å². The molecule has 0 nitrogen and oxygen atoms in total. The van der Waals surface area contributed by atoms with E-state index in [0.717, 1.165) is 6.42 Å². The van der Waals surface area contributed by atoms with Crippen molar-refractivity contribution >= 4 is 25.1 Å². The second-order valence-electron chi connectivity index (χ2n) is 17.4. The fourth-order valence-corrected chi connectivity index (χ4v) is 10.3. The summed E-state index contributed by atoms with van der Waals surface area (Å²) in [7, 11) is -0.468. The molecule has 0 saturated heterocycles. The van der Waals surface area contributed by atoms with Gasteiger partial charge in [-0.3, -0.25) is 0 Å². The van der Waals surface area contributed by atoms with Gasteiger partial charge in [0.25, 0.3) is 0 Å². The Kier molecular flexibility index (Phi) is 9.69. The van der Waals surface area contributed by atoms with Crippen LogP contribution in [-0.2, 0) is 49.9 Å². The van der Waals surface area contributed by atoms with E-state index in [0.29, 0.717) is 11.5 Å². The van der Waals surface area contributed by atoms with Gasteiger partial charge in [-0.2, -0.15) is 0 Å². The first-order valence-corrected chi connectivity index (χ1v) is 20.9. The molecule has 49 heavy (non-hydrogen) atoms. The molecule has 0 fully saturated rings. The van der Waals surface area contributed by atoms with Crippen LogP contribution in [0.4, 0.5) is 0 Å². The summed E-state index contributed by atoms with van der Waals surface area (Å²) in [6.45, 7) is 26.1. The number of allylic oxidation sites excluding steroid dienone is 1. The van der Waals surface area contributed by atoms with Crippen LogP contribution in [0, 0.1) is 0 Å². The Balaban J connectivity index is 0.00000417. The van der Waals surface area contributed by atoms with Crippen molar-refractivity contribution in [1.82, 2.24) is 0 Å². The van der Waals surface area contributed by atoms with Crippen molar-refractivity contribution in [2.24, 2.45) is 0 Å². The van der Waals surface area contributed by atoms with Crippen LogP contribution in [0.5, 0.6) is 0 Å². The second-order valence-corrected chi connectivity index (χ2v) is 20.2. The van der Waals surface area contributed by atoms with Crippen LogP contribution in [-0.4, -0.2) is 8.80 Å². The molecule has 0 bridgehead atoms. The van der Waals surface area contributed by atoms with Crippen LogP contribution in [0.15, 0.2) is 84.4 Å². The van der Waals surface area contributed by atoms with E-state index in [2.05, 4.69) is 154 Å². The van der Waals surface area contributed by atoms with Gasteiger partial charge in [-0.15, -0.1) is 17.7 Å². The minimum absolute atomic E-state index is 0. The fourth-order valence-electron chi connectivity index (χ4n) is 8.70. The Morgan fingerprint density at radius 3 is 1.88 bits per heavy atom. The van der Waals surface area contributed by atoms with Crippen LogP contribution in [0.3, 0.4) is 0 Å². The van der Waals surface area contributed by atoms with Crippen LogP contribution in [0.25, 0.3) is 38.6 Å². The second kappa shape index (κ2) is 13.1. The summed E-state index contributed by atoms with van der Waals surface area (Å²) in [6.07, 6.45) is 3.55. The van der Waals surface area contributed by atoms with Crippen LogP contribution < -0.4 is 0 Å². The first kappa shape index (κ1) is 36.1. The van der Waals surface area contributed by atoms with Crippen molar-refractivity contribution < 1.29 is 26.2 Å². The molecular weight excluding hydrogens is 684 g/mol. The molecule has 5 aromatic rings. The van der Waals surface area contributed by atoms with Crippen molar-refractivity contribution in [2.75, 3.05) is 0 Å². The van der Waals surface area contributed by atoms with E-state index in [-0.39, 0.29) is 37.0 Å². The molecule has 0 N–H and O–H groups in total. The van der Waals surface area contributed by atoms with Gasteiger partial charge < -0.3 is 0 Å². The Morgan fingerprint density at radius 1 is 0.735 bits per heavy atom. The summed E-state index contributed by atoms with van der Waals surface area (Å²) in [6, 6.07) is 31.2. The van der Waals surface area contributed by atoms with Crippen molar-refractivity contribution in [3.05, 3.63) is 129 Å². The van der Waals surface area contributed by atoms with E-state index in [4.69, 9.17) is 0 Å². The molecule has 0 spiro atoms. The standard InChI is InChI=1S/C47H54Si.Zr/c1-28(2)37-26-38-34(30-15-19-32(20-16-30)46(4,5)6)13-12-14-35(38)45(37)43-29(3)25-40-41(43)27-39-36(23-24-42(39)48(10)11)44(40)31-17-21-33(22-18-31)47(7,8)9;/h12-22,26-28,42H,23-25H2,1-11H3;/q-1;. The third-order valence-electron chi connectivity index (χ3n) is 11.4.